The SMILES string of the molecule is O=C(NCCCn1cccn1)c1cccc(S(=O)(=O)Nc2cccc(C(F)(F)F)c2)c1. The number of aromatic nitrogens is 2. The summed E-state index contributed by atoms with van der Waals surface area (Å²) in [4.78, 5) is 12.1. The molecule has 2 N–H and O–H groups in total. The third-order valence-electron chi connectivity index (χ3n) is 4.26. The molecule has 3 aromatic rings. The Bertz CT molecular complexity index is 1150. The molecule has 0 aliphatic rings. The molecule has 0 spiro atoms. The average Bonchev–Trinajstić information content (AvgIpc) is 3.24. The average molecular weight is 452 g/mol. The largest absolute Gasteiger partial charge is 0.416 e. The van der Waals surface area contributed by atoms with Gasteiger partial charge in [-0.15, -0.1) is 0 Å². The predicted octanol–water partition coefficient (Wildman–Crippen LogP) is 3.52. The number of rotatable bonds is 8. The number of aryl methyl sites for hydroxylation is 1. The van der Waals surface area contributed by atoms with Crippen LogP contribution in [-0.4, -0.2) is 30.7 Å². The molecule has 1 aromatic heterocycles. The summed E-state index contributed by atoms with van der Waals surface area (Å²) < 4.78 is 67.6. The first-order chi connectivity index (χ1) is 14.6. The van der Waals surface area contributed by atoms with E-state index >= 15 is 0 Å². The Balaban J connectivity index is 1.66. The molecule has 0 bridgehead atoms. The summed E-state index contributed by atoms with van der Waals surface area (Å²) >= 11 is 0. The zero-order chi connectivity index (χ0) is 22.5. The van der Waals surface area contributed by atoms with Crippen molar-refractivity contribution in [3.8, 4) is 0 Å². The highest BCUT2D eigenvalue weighted by Crippen LogP contribution is 2.31. The van der Waals surface area contributed by atoms with Gasteiger partial charge in [-0.25, -0.2) is 8.42 Å². The zero-order valence-electron chi connectivity index (χ0n) is 16.1. The number of hydrogen-bond acceptors (Lipinski definition) is 4. The Hall–Kier alpha value is -3.34. The topological polar surface area (TPSA) is 93.1 Å². The van der Waals surface area contributed by atoms with Crippen LogP contribution in [0, 0.1) is 0 Å². The summed E-state index contributed by atoms with van der Waals surface area (Å²) in [6.07, 6.45) is -0.523. The molecule has 0 atom stereocenters. The van der Waals surface area contributed by atoms with Crippen LogP contribution in [0.4, 0.5) is 18.9 Å². The molecule has 0 aliphatic heterocycles. The molecule has 0 fully saturated rings. The van der Waals surface area contributed by atoms with E-state index < -0.39 is 27.7 Å². The number of hydrogen-bond donors (Lipinski definition) is 2. The number of nitrogens with zero attached hydrogens (tertiary/aromatic N) is 2. The fourth-order valence-electron chi connectivity index (χ4n) is 2.76. The van der Waals surface area contributed by atoms with Crippen molar-refractivity contribution in [2.75, 3.05) is 11.3 Å². The summed E-state index contributed by atoms with van der Waals surface area (Å²) in [6, 6.07) is 10.9. The number of carbonyl (C=O) groups is 1. The smallest absolute Gasteiger partial charge is 0.352 e. The Morgan fingerprint density at radius 2 is 1.84 bits per heavy atom. The fraction of sp³-hybridized carbons (Fsp3) is 0.200. The van der Waals surface area contributed by atoms with Crippen molar-refractivity contribution in [2.45, 2.75) is 24.0 Å². The molecule has 164 valence electrons. The minimum atomic E-state index is -4.60. The second-order valence-corrected chi connectivity index (χ2v) is 8.27. The molecule has 0 saturated carbocycles. The van der Waals surface area contributed by atoms with Crippen LogP contribution in [0.25, 0.3) is 0 Å². The fourth-order valence-corrected chi connectivity index (χ4v) is 3.85. The van der Waals surface area contributed by atoms with E-state index in [0.717, 1.165) is 12.1 Å². The van der Waals surface area contributed by atoms with Gasteiger partial charge in [0.05, 0.1) is 10.5 Å². The quantitative estimate of drug-likeness (QED) is 0.512. The summed E-state index contributed by atoms with van der Waals surface area (Å²) in [5, 5.41) is 6.74. The first-order valence-corrected chi connectivity index (χ1v) is 10.7. The first-order valence-electron chi connectivity index (χ1n) is 9.21. The van der Waals surface area contributed by atoms with Gasteiger partial charge in [0.1, 0.15) is 0 Å². The van der Waals surface area contributed by atoms with Crippen molar-refractivity contribution in [3.63, 3.8) is 0 Å². The van der Waals surface area contributed by atoms with E-state index in [4.69, 9.17) is 0 Å². The van der Waals surface area contributed by atoms with Crippen LogP contribution < -0.4 is 10.0 Å². The summed E-state index contributed by atoms with van der Waals surface area (Å²) in [5.74, 6) is -0.461. The monoisotopic (exact) mass is 452 g/mol. The highest BCUT2D eigenvalue weighted by molar-refractivity contribution is 7.92. The van der Waals surface area contributed by atoms with Gasteiger partial charge < -0.3 is 5.32 Å². The maximum Gasteiger partial charge on any atom is 0.416 e. The van der Waals surface area contributed by atoms with Crippen molar-refractivity contribution in [1.29, 1.82) is 0 Å². The normalized spacial score (nSPS) is 11.8. The van der Waals surface area contributed by atoms with Crippen molar-refractivity contribution >= 4 is 21.6 Å². The van der Waals surface area contributed by atoms with E-state index in [0.29, 0.717) is 25.6 Å². The molecule has 3 rings (SSSR count). The highest BCUT2D eigenvalue weighted by atomic mass is 32.2. The Labute approximate surface area is 176 Å². The minimum Gasteiger partial charge on any atom is -0.352 e. The summed E-state index contributed by atoms with van der Waals surface area (Å²) in [7, 11) is -4.20. The summed E-state index contributed by atoms with van der Waals surface area (Å²) in [6.45, 7) is 0.973. The van der Waals surface area contributed by atoms with E-state index in [1.807, 2.05) is 0 Å². The van der Waals surface area contributed by atoms with E-state index in [1.165, 1.54) is 30.3 Å². The molecule has 0 aliphatic carbocycles. The second kappa shape index (κ2) is 9.21. The van der Waals surface area contributed by atoms with Gasteiger partial charge in [0.15, 0.2) is 0 Å². The Morgan fingerprint density at radius 3 is 2.55 bits per heavy atom. The van der Waals surface area contributed by atoms with Crippen molar-refractivity contribution in [1.82, 2.24) is 15.1 Å². The van der Waals surface area contributed by atoms with Crippen LogP contribution in [0.5, 0.6) is 0 Å². The van der Waals surface area contributed by atoms with E-state index in [2.05, 4.69) is 15.1 Å². The number of anilines is 1. The lowest BCUT2D eigenvalue weighted by atomic mass is 10.2. The first kappa shape index (κ1) is 22.3. The number of alkyl halides is 3. The molecule has 0 unspecified atom stereocenters. The molecule has 0 saturated heterocycles. The van der Waals surface area contributed by atoms with Crippen molar-refractivity contribution in [2.24, 2.45) is 0 Å². The molecular weight excluding hydrogens is 433 g/mol. The standard InChI is InChI=1S/C20H19F3N4O3S/c21-20(22,23)16-6-2-7-17(14-16)26-31(29,30)18-8-1-5-15(13-18)19(28)24-9-3-11-27-12-4-10-25-27/h1-2,4-8,10,12-14,26H,3,9,11H2,(H,24,28). The number of halogens is 3. The van der Waals surface area contributed by atoms with Gasteiger partial charge in [-0.1, -0.05) is 12.1 Å². The van der Waals surface area contributed by atoms with Crippen LogP contribution in [0.1, 0.15) is 22.3 Å². The highest BCUT2D eigenvalue weighted by Gasteiger charge is 2.30. The third-order valence-corrected chi connectivity index (χ3v) is 5.64. The van der Waals surface area contributed by atoms with E-state index in [9.17, 15) is 26.4 Å². The number of nitrogens with one attached hydrogen (secondary N) is 2. The lowest BCUT2D eigenvalue weighted by Crippen LogP contribution is -2.25. The molecule has 2 aromatic carbocycles. The molecule has 11 heteroatoms. The number of benzene rings is 2. The van der Waals surface area contributed by atoms with Crippen molar-refractivity contribution in [3.05, 3.63) is 78.1 Å². The van der Waals surface area contributed by atoms with Crippen LogP contribution in [0.15, 0.2) is 71.9 Å². The maximum absolute atomic E-state index is 12.8. The van der Waals surface area contributed by atoms with Gasteiger partial charge in [0, 0.05) is 36.7 Å². The van der Waals surface area contributed by atoms with Gasteiger partial charge in [0.2, 0.25) is 0 Å². The maximum atomic E-state index is 12.8. The van der Waals surface area contributed by atoms with Crippen molar-refractivity contribution < 1.29 is 26.4 Å². The minimum absolute atomic E-state index is 0.117. The van der Waals surface area contributed by atoms with Crippen LogP contribution in [0.2, 0.25) is 0 Å². The van der Waals surface area contributed by atoms with Gasteiger partial charge in [-0.2, -0.15) is 18.3 Å². The van der Waals surface area contributed by atoms with Gasteiger partial charge in [0.25, 0.3) is 15.9 Å². The molecule has 1 amide bonds. The molecule has 31 heavy (non-hydrogen) atoms. The molecule has 1 heterocycles. The lowest BCUT2D eigenvalue weighted by Gasteiger charge is -2.12. The Kier molecular flexibility index (Phi) is 6.64. The predicted molar refractivity (Wildman–Crippen MR) is 108 cm³/mol. The summed E-state index contributed by atoms with van der Waals surface area (Å²) in [5.41, 5.74) is -1.09. The van der Waals surface area contributed by atoms with Crippen LogP contribution in [0.3, 0.4) is 0 Å². The molecular formula is C20H19F3N4O3S. The second-order valence-electron chi connectivity index (χ2n) is 6.59. The lowest BCUT2D eigenvalue weighted by molar-refractivity contribution is -0.137. The van der Waals surface area contributed by atoms with E-state index in [1.54, 1.807) is 23.1 Å². The van der Waals surface area contributed by atoms with Crippen LogP contribution >= 0.6 is 0 Å². The van der Waals surface area contributed by atoms with E-state index in [-0.39, 0.29) is 16.1 Å². The Morgan fingerprint density at radius 1 is 1.06 bits per heavy atom. The zero-order valence-corrected chi connectivity index (χ0v) is 16.9. The number of amides is 1. The molecule has 0 radical (unpaired) electrons. The van der Waals surface area contributed by atoms with Crippen LogP contribution in [-0.2, 0) is 22.7 Å². The number of sulfonamides is 1. The van der Waals surface area contributed by atoms with Gasteiger partial charge in [-0.05, 0) is 48.9 Å². The number of carbonyl (C=O) groups excluding carboxylic acids is 1. The van der Waals surface area contributed by atoms with Gasteiger partial charge >= 0.3 is 6.18 Å². The third kappa shape index (κ3) is 6.07. The van der Waals surface area contributed by atoms with Gasteiger partial charge in [-0.3, -0.25) is 14.2 Å². The molecule has 7 nitrogen and oxygen atoms in total.